The molecule has 0 heterocycles. The van der Waals surface area contributed by atoms with E-state index in [0.29, 0.717) is 12.3 Å². The fraction of sp³-hybridized carbons (Fsp3) is 0.250. The van der Waals surface area contributed by atoms with E-state index in [4.69, 9.17) is 4.74 Å². The number of ether oxygens (including phenoxy) is 1. The van der Waals surface area contributed by atoms with Crippen molar-refractivity contribution in [3.63, 3.8) is 0 Å². The monoisotopic (exact) mass is 307 g/mol. The Balaban J connectivity index is 1.76. The molecule has 112 valence electrons. The average molecular weight is 307 g/mol. The molecule has 5 heteroatoms. The van der Waals surface area contributed by atoms with Crippen LogP contribution in [-0.4, -0.2) is 30.6 Å². The summed E-state index contributed by atoms with van der Waals surface area (Å²) < 4.78 is 18.1. The number of rotatable bonds is 7. The van der Waals surface area contributed by atoms with Crippen molar-refractivity contribution in [2.24, 2.45) is 0 Å². The smallest absolute Gasteiger partial charge is 0.123 e. The van der Waals surface area contributed by atoms with Gasteiger partial charge in [-0.25, -0.2) is 4.39 Å². The van der Waals surface area contributed by atoms with Crippen LogP contribution in [0.25, 0.3) is 0 Å². The molecule has 2 N–H and O–H groups in total. The second-order valence-corrected chi connectivity index (χ2v) is 5.41. The second kappa shape index (κ2) is 7.90. The Bertz CT molecular complexity index is 562. The first-order valence-electron chi connectivity index (χ1n) is 6.62. The maximum atomic E-state index is 12.7. The normalized spacial score (nSPS) is 12.0. The lowest BCUT2D eigenvalue weighted by atomic mass is 10.3. The van der Waals surface area contributed by atoms with Gasteiger partial charge in [0, 0.05) is 17.1 Å². The Hall–Kier alpha value is -1.72. The zero-order valence-corrected chi connectivity index (χ0v) is 12.6. The quantitative estimate of drug-likeness (QED) is 0.769. The van der Waals surface area contributed by atoms with Gasteiger partial charge in [-0.3, -0.25) is 0 Å². The molecule has 0 saturated heterocycles. The van der Waals surface area contributed by atoms with E-state index in [1.165, 1.54) is 24.3 Å². The summed E-state index contributed by atoms with van der Waals surface area (Å²) in [7, 11) is 0. The number of anilines is 1. The predicted molar refractivity (Wildman–Crippen MR) is 84.6 cm³/mol. The van der Waals surface area contributed by atoms with Crippen LogP contribution in [0, 0.1) is 5.82 Å². The summed E-state index contributed by atoms with van der Waals surface area (Å²) in [5, 5.41) is 13.0. The van der Waals surface area contributed by atoms with Crippen LogP contribution in [-0.2, 0) is 0 Å². The van der Waals surface area contributed by atoms with E-state index in [0.717, 1.165) is 10.6 Å². The highest BCUT2D eigenvalue weighted by Gasteiger charge is 2.05. The van der Waals surface area contributed by atoms with Crippen molar-refractivity contribution >= 4 is 17.4 Å². The van der Waals surface area contributed by atoms with Gasteiger partial charge in [0.15, 0.2) is 0 Å². The number of hydrogen-bond donors (Lipinski definition) is 2. The van der Waals surface area contributed by atoms with Crippen molar-refractivity contribution in [2.45, 2.75) is 11.0 Å². The number of thioether (sulfide) groups is 1. The summed E-state index contributed by atoms with van der Waals surface area (Å²) in [5.41, 5.74) is 0.961. The SMILES string of the molecule is CSc1cccc(NCC(O)COc2ccc(F)cc2)c1. The van der Waals surface area contributed by atoms with Crippen LogP contribution in [0.4, 0.5) is 10.1 Å². The number of aliphatic hydroxyl groups excluding tert-OH is 1. The molecule has 3 nitrogen and oxygen atoms in total. The summed E-state index contributed by atoms with van der Waals surface area (Å²) in [6, 6.07) is 13.7. The highest BCUT2D eigenvalue weighted by atomic mass is 32.2. The molecule has 0 aliphatic carbocycles. The third-order valence-corrected chi connectivity index (χ3v) is 3.59. The van der Waals surface area contributed by atoms with E-state index in [2.05, 4.69) is 5.32 Å². The molecule has 21 heavy (non-hydrogen) atoms. The van der Waals surface area contributed by atoms with Gasteiger partial charge in [-0.05, 0) is 48.7 Å². The van der Waals surface area contributed by atoms with E-state index >= 15 is 0 Å². The summed E-state index contributed by atoms with van der Waals surface area (Å²) >= 11 is 1.67. The van der Waals surface area contributed by atoms with E-state index < -0.39 is 6.10 Å². The maximum absolute atomic E-state index is 12.7. The minimum atomic E-state index is -0.645. The average Bonchev–Trinajstić information content (AvgIpc) is 2.52. The molecular weight excluding hydrogens is 289 g/mol. The van der Waals surface area contributed by atoms with Crippen LogP contribution in [0.3, 0.4) is 0 Å². The number of benzene rings is 2. The summed E-state index contributed by atoms with van der Waals surface area (Å²) in [6.45, 7) is 0.542. The molecule has 0 aliphatic rings. The first kappa shape index (κ1) is 15.7. The van der Waals surface area contributed by atoms with Crippen LogP contribution >= 0.6 is 11.8 Å². The molecule has 0 bridgehead atoms. The molecule has 0 radical (unpaired) electrons. The highest BCUT2D eigenvalue weighted by Crippen LogP contribution is 2.19. The van der Waals surface area contributed by atoms with Crippen molar-refractivity contribution in [2.75, 3.05) is 24.7 Å². The van der Waals surface area contributed by atoms with Gasteiger partial charge in [0.25, 0.3) is 0 Å². The van der Waals surface area contributed by atoms with E-state index in [-0.39, 0.29) is 12.4 Å². The number of nitrogens with one attached hydrogen (secondary N) is 1. The molecule has 0 amide bonds. The van der Waals surface area contributed by atoms with Crippen LogP contribution in [0.2, 0.25) is 0 Å². The Morgan fingerprint density at radius 3 is 2.71 bits per heavy atom. The second-order valence-electron chi connectivity index (χ2n) is 4.53. The standard InChI is InChI=1S/C16H18FNO2S/c1-21-16-4-2-3-13(9-16)18-10-14(19)11-20-15-7-5-12(17)6-8-15/h2-9,14,18-19H,10-11H2,1H3. The molecular formula is C16H18FNO2S. The van der Waals surface area contributed by atoms with Crippen molar-refractivity contribution < 1.29 is 14.2 Å². The molecule has 1 atom stereocenters. The molecule has 2 aromatic rings. The van der Waals surface area contributed by atoms with Crippen molar-refractivity contribution in [3.8, 4) is 5.75 Å². The fourth-order valence-electron chi connectivity index (χ4n) is 1.75. The van der Waals surface area contributed by atoms with Crippen LogP contribution in [0.5, 0.6) is 5.75 Å². The minimum absolute atomic E-state index is 0.154. The number of aliphatic hydroxyl groups is 1. The van der Waals surface area contributed by atoms with Gasteiger partial charge in [-0.2, -0.15) is 0 Å². The minimum Gasteiger partial charge on any atom is -0.491 e. The first-order valence-corrected chi connectivity index (χ1v) is 7.84. The van der Waals surface area contributed by atoms with Crippen LogP contribution in [0.1, 0.15) is 0 Å². The number of hydrogen-bond acceptors (Lipinski definition) is 4. The molecule has 0 spiro atoms. The summed E-state index contributed by atoms with van der Waals surface area (Å²) in [4.78, 5) is 1.16. The van der Waals surface area contributed by atoms with E-state index in [9.17, 15) is 9.50 Å². The summed E-state index contributed by atoms with van der Waals surface area (Å²) in [6.07, 6.45) is 1.37. The fourth-order valence-corrected chi connectivity index (χ4v) is 2.21. The molecule has 0 aromatic heterocycles. The third-order valence-electron chi connectivity index (χ3n) is 2.87. The van der Waals surface area contributed by atoms with Gasteiger partial charge in [0.2, 0.25) is 0 Å². The lowest BCUT2D eigenvalue weighted by Crippen LogP contribution is -2.26. The van der Waals surface area contributed by atoms with Crippen LogP contribution < -0.4 is 10.1 Å². The zero-order chi connectivity index (χ0) is 15.1. The van der Waals surface area contributed by atoms with Crippen LogP contribution in [0.15, 0.2) is 53.4 Å². The van der Waals surface area contributed by atoms with E-state index in [1.807, 2.05) is 30.5 Å². The third kappa shape index (κ3) is 5.28. The Labute approximate surface area is 128 Å². The molecule has 0 saturated carbocycles. The lowest BCUT2D eigenvalue weighted by molar-refractivity contribution is 0.117. The molecule has 1 unspecified atom stereocenters. The van der Waals surface area contributed by atoms with Crippen molar-refractivity contribution in [3.05, 3.63) is 54.3 Å². The van der Waals surface area contributed by atoms with Gasteiger partial charge in [-0.15, -0.1) is 11.8 Å². The molecule has 0 aliphatic heterocycles. The van der Waals surface area contributed by atoms with Crippen molar-refractivity contribution in [1.82, 2.24) is 0 Å². The molecule has 2 rings (SSSR count). The lowest BCUT2D eigenvalue weighted by Gasteiger charge is -2.14. The Morgan fingerprint density at radius 2 is 2.00 bits per heavy atom. The van der Waals surface area contributed by atoms with Crippen molar-refractivity contribution in [1.29, 1.82) is 0 Å². The van der Waals surface area contributed by atoms with Gasteiger partial charge in [-0.1, -0.05) is 6.07 Å². The Morgan fingerprint density at radius 1 is 1.24 bits per heavy atom. The van der Waals surface area contributed by atoms with Gasteiger partial charge in [0.1, 0.15) is 24.3 Å². The maximum Gasteiger partial charge on any atom is 0.123 e. The van der Waals surface area contributed by atoms with Gasteiger partial charge in [0.05, 0.1) is 0 Å². The molecule has 2 aromatic carbocycles. The topological polar surface area (TPSA) is 41.5 Å². The number of halogens is 1. The Kier molecular flexibility index (Phi) is 5.90. The highest BCUT2D eigenvalue weighted by molar-refractivity contribution is 7.98. The van der Waals surface area contributed by atoms with Gasteiger partial charge >= 0.3 is 0 Å². The zero-order valence-electron chi connectivity index (χ0n) is 11.8. The molecule has 0 fully saturated rings. The first-order chi connectivity index (χ1) is 10.2. The van der Waals surface area contributed by atoms with E-state index in [1.54, 1.807) is 11.8 Å². The van der Waals surface area contributed by atoms with Gasteiger partial charge < -0.3 is 15.2 Å². The summed E-state index contributed by atoms with van der Waals surface area (Å²) in [5.74, 6) is 0.234. The predicted octanol–water partition coefficient (Wildman–Crippen LogP) is 3.40. The largest absolute Gasteiger partial charge is 0.491 e.